The van der Waals surface area contributed by atoms with E-state index in [1.165, 1.54) is 96.3 Å². The highest BCUT2D eigenvalue weighted by Crippen LogP contribution is 2.43. The number of carbonyl (C=O) groups excluding carboxylic acids is 1. The molecule has 2 atom stereocenters. The third-order valence-electron chi connectivity index (χ3n) is 8.34. The average molecular weight is 726 g/mol. The summed E-state index contributed by atoms with van der Waals surface area (Å²) in [5.74, 6) is -0.312. The number of ether oxygens (including phenoxy) is 2. The molecule has 50 heavy (non-hydrogen) atoms. The lowest BCUT2D eigenvalue weighted by Gasteiger charge is -2.19. The number of carbonyl (C=O) groups is 1. The predicted molar refractivity (Wildman–Crippen MR) is 210 cm³/mol. The van der Waals surface area contributed by atoms with Crippen LogP contribution < -0.4 is 5.73 Å². The molecule has 0 amide bonds. The maximum atomic E-state index is 12.4. The summed E-state index contributed by atoms with van der Waals surface area (Å²) in [4.78, 5) is 22.2. The zero-order valence-corrected chi connectivity index (χ0v) is 33.0. The number of nitrogens with two attached hydrogens (primary N) is 1. The van der Waals surface area contributed by atoms with Gasteiger partial charge in [-0.3, -0.25) is 13.8 Å². The quantitative estimate of drug-likeness (QED) is 0.0212. The standard InChI is InChI=1S/C41H76NO7P/c1-3-5-7-9-11-13-15-17-19-20-21-22-24-26-28-30-32-34-41(43)47-38-40(39-49-50(44,45)48-37-35-42)46-36-33-31-29-27-25-23-18-16-14-12-10-8-6-4-2/h11,13,17,19,21-22,33,36,40H,3-10,12,14-16,18,20,23-32,34-35,37-39,42H2,1-2H3,(H,44,45)/b13-11-,19-17-,22-21-,36-33-/t40-/m1/s1. The second-order valence-electron chi connectivity index (χ2n) is 13.2. The first-order valence-corrected chi connectivity index (χ1v) is 21.7. The molecule has 3 N–H and O–H groups in total. The maximum Gasteiger partial charge on any atom is 0.472 e. The Kier molecular flexibility index (Phi) is 37.2. The molecule has 292 valence electrons. The second-order valence-corrected chi connectivity index (χ2v) is 14.7. The molecule has 0 aromatic heterocycles. The summed E-state index contributed by atoms with van der Waals surface area (Å²) >= 11 is 0. The fourth-order valence-electron chi connectivity index (χ4n) is 5.28. The van der Waals surface area contributed by atoms with Crippen LogP contribution in [0.25, 0.3) is 0 Å². The van der Waals surface area contributed by atoms with Crippen LogP contribution in [0.5, 0.6) is 0 Å². The molecule has 0 spiro atoms. The van der Waals surface area contributed by atoms with E-state index in [2.05, 4.69) is 50.3 Å². The molecule has 8 nitrogen and oxygen atoms in total. The number of phosphoric acid groups is 1. The Bertz CT molecular complexity index is 905. The van der Waals surface area contributed by atoms with Crippen LogP contribution in [0.4, 0.5) is 0 Å². The molecule has 0 aromatic rings. The van der Waals surface area contributed by atoms with E-state index in [9.17, 15) is 14.3 Å². The molecule has 0 aliphatic heterocycles. The molecule has 0 rings (SSSR count). The number of unbranched alkanes of at least 4 members (excludes halogenated alkanes) is 19. The van der Waals surface area contributed by atoms with Crippen molar-refractivity contribution >= 4 is 13.8 Å². The Labute approximate surface area is 307 Å². The number of esters is 1. The molecule has 1 unspecified atom stereocenters. The fourth-order valence-corrected chi connectivity index (χ4v) is 6.05. The van der Waals surface area contributed by atoms with E-state index in [-0.39, 0.29) is 32.3 Å². The van der Waals surface area contributed by atoms with Gasteiger partial charge in [-0.25, -0.2) is 4.57 Å². The van der Waals surface area contributed by atoms with Gasteiger partial charge in [0, 0.05) is 13.0 Å². The van der Waals surface area contributed by atoms with Crippen LogP contribution in [0.3, 0.4) is 0 Å². The number of hydrogen-bond donors (Lipinski definition) is 2. The van der Waals surface area contributed by atoms with Crippen LogP contribution in [-0.4, -0.2) is 43.3 Å². The first-order chi connectivity index (χ1) is 24.4. The van der Waals surface area contributed by atoms with Gasteiger partial charge in [0.05, 0.1) is 19.5 Å². The van der Waals surface area contributed by atoms with Crippen molar-refractivity contribution in [3.63, 3.8) is 0 Å². The number of hydrogen-bond acceptors (Lipinski definition) is 7. The lowest BCUT2D eigenvalue weighted by Crippen LogP contribution is -2.25. The lowest BCUT2D eigenvalue weighted by molar-refractivity contribution is -0.147. The molecular weight excluding hydrogens is 649 g/mol. The van der Waals surface area contributed by atoms with Gasteiger partial charge in [0.1, 0.15) is 6.61 Å². The van der Waals surface area contributed by atoms with E-state index in [4.69, 9.17) is 24.3 Å². The van der Waals surface area contributed by atoms with Gasteiger partial charge < -0.3 is 20.1 Å². The normalized spacial score (nSPS) is 14.0. The zero-order chi connectivity index (χ0) is 36.6. The number of phosphoric ester groups is 1. The molecule has 0 aliphatic carbocycles. The molecule has 9 heteroatoms. The molecule has 0 aromatic carbocycles. The van der Waals surface area contributed by atoms with E-state index in [1.807, 2.05) is 6.08 Å². The maximum absolute atomic E-state index is 12.4. The number of allylic oxidation sites excluding steroid dienone is 7. The third kappa shape index (κ3) is 37.6. The molecule has 0 saturated heterocycles. The van der Waals surface area contributed by atoms with Crippen LogP contribution >= 0.6 is 7.82 Å². The summed E-state index contributed by atoms with van der Waals surface area (Å²) in [6.45, 7) is 4.15. The minimum Gasteiger partial charge on any atom is -0.492 e. The first-order valence-electron chi connectivity index (χ1n) is 20.2. The highest BCUT2D eigenvalue weighted by Gasteiger charge is 2.24. The van der Waals surface area contributed by atoms with Crippen molar-refractivity contribution in [2.45, 2.75) is 180 Å². The Balaban J connectivity index is 4.16. The van der Waals surface area contributed by atoms with Crippen molar-refractivity contribution in [3.8, 4) is 0 Å². The predicted octanol–water partition coefficient (Wildman–Crippen LogP) is 12.0. The number of rotatable bonds is 38. The fraction of sp³-hybridized carbons (Fsp3) is 0.780. The Morgan fingerprint density at radius 2 is 1.08 bits per heavy atom. The summed E-state index contributed by atoms with van der Waals surface area (Å²) in [7, 11) is -4.27. The van der Waals surface area contributed by atoms with Gasteiger partial charge >= 0.3 is 13.8 Å². The van der Waals surface area contributed by atoms with Gasteiger partial charge in [-0.05, 0) is 63.9 Å². The van der Waals surface area contributed by atoms with E-state index in [0.717, 1.165) is 57.8 Å². The Morgan fingerprint density at radius 3 is 1.64 bits per heavy atom. The topological polar surface area (TPSA) is 117 Å². The van der Waals surface area contributed by atoms with Crippen LogP contribution in [0.15, 0.2) is 48.8 Å². The van der Waals surface area contributed by atoms with Crippen molar-refractivity contribution in [1.29, 1.82) is 0 Å². The lowest BCUT2D eigenvalue weighted by atomic mass is 10.0. The summed E-state index contributed by atoms with van der Waals surface area (Å²) in [6, 6.07) is 0. The molecule has 0 heterocycles. The SMILES string of the molecule is CCCCC/C=C\C/C=C\C/C=C\CCCCCCC(=O)OC[C@H](COP(=O)(O)OCCN)O/C=C\CCCCCCCCCCCCCC. The van der Waals surface area contributed by atoms with Crippen LogP contribution in [0, 0.1) is 0 Å². The zero-order valence-electron chi connectivity index (χ0n) is 32.1. The molecule has 0 bridgehead atoms. The molecule has 0 aliphatic rings. The van der Waals surface area contributed by atoms with Crippen molar-refractivity contribution in [3.05, 3.63) is 48.8 Å². The van der Waals surface area contributed by atoms with E-state index in [1.54, 1.807) is 6.26 Å². The van der Waals surface area contributed by atoms with Gasteiger partial charge in [-0.2, -0.15) is 0 Å². The van der Waals surface area contributed by atoms with Gasteiger partial charge in [0.15, 0.2) is 6.10 Å². The molecular formula is C41H76NO7P. The Hall–Kier alpha value is -1.70. The summed E-state index contributed by atoms with van der Waals surface area (Å²) < 4.78 is 33.1. The van der Waals surface area contributed by atoms with Crippen LogP contribution in [0.1, 0.15) is 174 Å². The van der Waals surface area contributed by atoms with Gasteiger partial charge in [0.25, 0.3) is 0 Å². The molecule has 0 saturated carbocycles. The average Bonchev–Trinajstić information content (AvgIpc) is 3.11. The monoisotopic (exact) mass is 726 g/mol. The van der Waals surface area contributed by atoms with Gasteiger partial charge in [-0.1, -0.05) is 147 Å². The minimum atomic E-state index is -4.27. The first kappa shape index (κ1) is 48.3. The van der Waals surface area contributed by atoms with Gasteiger partial charge in [-0.15, -0.1) is 0 Å². The van der Waals surface area contributed by atoms with Crippen molar-refractivity contribution < 1.29 is 32.8 Å². The Morgan fingerprint density at radius 1 is 0.620 bits per heavy atom. The summed E-state index contributed by atoms with van der Waals surface area (Å²) in [5, 5.41) is 0. The van der Waals surface area contributed by atoms with Crippen molar-refractivity contribution in [2.24, 2.45) is 5.73 Å². The minimum absolute atomic E-state index is 0.0762. The highest BCUT2D eigenvalue weighted by atomic mass is 31.2. The largest absolute Gasteiger partial charge is 0.492 e. The summed E-state index contributed by atoms with van der Waals surface area (Å²) in [5.41, 5.74) is 5.35. The molecule has 0 fully saturated rings. The van der Waals surface area contributed by atoms with Crippen LogP contribution in [-0.2, 0) is 27.9 Å². The highest BCUT2D eigenvalue weighted by molar-refractivity contribution is 7.47. The van der Waals surface area contributed by atoms with E-state index in [0.29, 0.717) is 6.42 Å². The third-order valence-corrected chi connectivity index (χ3v) is 9.32. The van der Waals surface area contributed by atoms with Crippen molar-refractivity contribution in [2.75, 3.05) is 26.4 Å². The van der Waals surface area contributed by atoms with E-state index >= 15 is 0 Å². The van der Waals surface area contributed by atoms with Crippen molar-refractivity contribution in [1.82, 2.24) is 0 Å². The summed E-state index contributed by atoms with van der Waals surface area (Å²) in [6.07, 6.45) is 45.1. The van der Waals surface area contributed by atoms with E-state index < -0.39 is 13.9 Å². The van der Waals surface area contributed by atoms with Gasteiger partial charge in [0.2, 0.25) is 0 Å². The molecule has 0 radical (unpaired) electrons. The second kappa shape index (κ2) is 38.5. The van der Waals surface area contributed by atoms with Crippen LogP contribution in [0.2, 0.25) is 0 Å². The smallest absolute Gasteiger partial charge is 0.472 e.